The van der Waals surface area contributed by atoms with Crippen LogP contribution in [0.15, 0.2) is 24.3 Å². The van der Waals surface area contributed by atoms with Crippen molar-refractivity contribution in [3.63, 3.8) is 0 Å². The number of hydrogen-bond donors (Lipinski definition) is 0. The molecule has 1 fully saturated rings. The highest BCUT2D eigenvalue weighted by Crippen LogP contribution is 2.29. The molecule has 0 unspecified atom stereocenters. The third kappa shape index (κ3) is 3.12. The lowest BCUT2D eigenvalue weighted by Crippen LogP contribution is -2.23. The highest BCUT2D eigenvalue weighted by molar-refractivity contribution is 5.75. The first-order chi connectivity index (χ1) is 8.68. The number of carbonyl (C=O) groups excluding carboxylic acids is 1. The smallest absolute Gasteiger partial charge is 0.314 e. The summed E-state index contributed by atoms with van der Waals surface area (Å²) in [6.45, 7) is 4.24. The molecule has 0 heterocycles. The van der Waals surface area contributed by atoms with E-state index in [0.29, 0.717) is 5.92 Å². The summed E-state index contributed by atoms with van der Waals surface area (Å²) in [4.78, 5) is 12.1. The van der Waals surface area contributed by atoms with Gasteiger partial charge in [-0.25, -0.2) is 0 Å². The van der Waals surface area contributed by atoms with Gasteiger partial charge in [0.05, 0.1) is 5.92 Å². The summed E-state index contributed by atoms with van der Waals surface area (Å²) in [6.07, 6.45) is 5.55. The maximum Gasteiger partial charge on any atom is 0.314 e. The van der Waals surface area contributed by atoms with Crippen LogP contribution in [0, 0.1) is 5.92 Å². The van der Waals surface area contributed by atoms with Gasteiger partial charge in [-0.15, -0.1) is 0 Å². The third-order valence-electron chi connectivity index (χ3n) is 3.69. The maximum absolute atomic E-state index is 12.1. The Morgan fingerprint density at radius 3 is 2.50 bits per heavy atom. The lowest BCUT2D eigenvalue weighted by molar-refractivity contribution is -0.140. The largest absolute Gasteiger partial charge is 0.426 e. The fourth-order valence-electron chi connectivity index (χ4n) is 2.58. The van der Waals surface area contributed by atoms with E-state index < -0.39 is 0 Å². The van der Waals surface area contributed by atoms with Crippen molar-refractivity contribution in [2.75, 3.05) is 0 Å². The third-order valence-corrected chi connectivity index (χ3v) is 3.69. The Bertz CT molecular complexity index is 403. The van der Waals surface area contributed by atoms with Gasteiger partial charge in [-0.05, 0) is 30.4 Å². The number of benzene rings is 1. The minimum Gasteiger partial charge on any atom is -0.426 e. The van der Waals surface area contributed by atoms with Crippen LogP contribution in [0.25, 0.3) is 0 Å². The summed E-state index contributed by atoms with van der Waals surface area (Å²) < 4.78 is 5.61. The second kappa shape index (κ2) is 6.03. The van der Waals surface area contributed by atoms with Gasteiger partial charge in [0.25, 0.3) is 0 Å². The van der Waals surface area contributed by atoms with E-state index in [1.165, 1.54) is 6.42 Å². The van der Waals surface area contributed by atoms with Gasteiger partial charge in [-0.1, -0.05) is 51.3 Å². The Kier molecular flexibility index (Phi) is 4.40. The van der Waals surface area contributed by atoms with Gasteiger partial charge in [0.15, 0.2) is 0 Å². The van der Waals surface area contributed by atoms with Gasteiger partial charge in [0.1, 0.15) is 5.75 Å². The van der Waals surface area contributed by atoms with Crippen molar-refractivity contribution in [1.82, 2.24) is 0 Å². The molecule has 0 saturated heterocycles. The van der Waals surface area contributed by atoms with E-state index in [1.807, 2.05) is 24.3 Å². The lowest BCUT2D eigenvalue weighted by atomic mass is 9.89. The zero-order valence-corrected chi connectivity index (χ0v) is 11.3. The molecule has 0 spiro atoms. The minimum absolute atomic E-state index is 0.0391. The molecule has 2 heteroatoms. The second-order valence-electron chi connectivity index (χ2n) is 5.45. The molecular weight excluding hydrogens is 224 g/mol. The quantitative estimate of drug-likeness (QED) is 0.587. The first-order valence-corrected chi connectivity index (χ1v) is 6.99. The highest BCUT2D eigenvalue weighted by atomic mass is 16.5. The van der Waals surface area contributed by atoms with Crippen LogP contribution >= 0.6 is 0 Å². The monoisotopic (exact) mass is 246 g/mol. The first-order valence-electron chi connectivity index (χ1n) is 6.99. The molecule has 2 rings (SSSR count). The van der Waals surface area contributed by atoms with Crippen molar-refractivity contribution >= 4 is 5.97 Å². The molecule has 98 valence electrons. The Hall–Kier alpha value is -1.31. The van der Waals surface area contributed by atoms with Gasteiger partial charge in [-0.2, -0.15) is 0 Å². The molecule has 1 aromatic rings. The van der Waals surface area contributed by atoms with Gasteiger partial charge in [-0.3, -0.25) is 4.79 Å². The predicted molar refractivity (Wildman–Crippen MR) is 72.7 cm³/mol. The van der Waals surface area contributed by atoms with Crippen molar-refractivity contribution in [3.05, 3.63) is 29.8 Å². The molecule has 0 aromatic heterocycles. The molecule has 1 aliphatic rings. The standard InChI is InChI=1S/C16H22O2/c1-12(2)14-10-6-7-11-15(14)18-16(17)13-8-4-3-5-9-13/h6-7,10-13H,3-5,8-9H2,1-2H3. The molecule has 0 bridgehead atoms. The number of carbonyl (C=O) groups is 1. The highest BCUT2D eigenvalue weighted by Gasteiger charge is 2.23. The van der Waals surface area contributed by atoms with Crippen molar-refractivity contribution in [3.8, 4) is 5.75 Å². The zero-order chi connectivity index (χ0) is 13.0. The van der Waals surface area contributed by atoms with Crippen LogP contribution in [0.1, 0.15) is 57.4 Å². The Morgan fingerprint density at radius 1 is 1.17 bits per heavy atom. The predicted octanol–water partition coefficient (Wildman–Crippen LogP) is 4.30. The molecule has 1 aromatic carbocycles. The maximum atomic E-state index is 12.1. The van der Waals surface area contributed by atoms with E-state index in [4.69, 9.17) is 4.74 Å². The van der Waals surface area contributed by atoms with Crippen LogP contribution in [0.5, 0.6) is 5.75 Å². The average molecular weight is 246 g/mol. The van der Waals surface area contributed by atoms with Crippen LogP contribution in [-0.4, -0.2) is 5.97 Å². The van der Waals surface area contributed by atoms with Crippen LogP contribution in [0.2, 0.25) is 0 Å². The normalized spacial score (nSPS) is 16.8. The Morgan fingerprint density at radius 2 is 1.83 bits per heavy atom. The van der Waals surface area contributed by atoms with Crippen LogP contribution in [-0.2, 0) is 4.79 Å². The molecule has 2 nitrogen and oxygen atoms in total. The van der Waals surface area contributed by atoms with Gasteiger partial charge in [0.2, 0.25) is 0 Å². The van der Waals surface area contributed by atoms with Crippen LogP contribution in [0.3, 0.4) is 0 Å². The summed E-state index contributed by atoms with van der Waals surface area (Å²) in [7, 11) is 0. The number of hydrogen-bond acceptors (Lipinski definition) is 2. The molecule has 1 saturated carbocycles. The van der Waals surface area contributed by atoms with Crippen molar-refractivity contribution in [1.29, 1.82) is 0 Å². The summed E-state index contributed by atoms with van der Waals surface area (Å²) in [5.74, 6) is 1.19. The summed E-state index contributed by atoms with van der Waals surface area (Å²) in [6, 6.07) is 7.85. The SMILES string of the molecule is CC(C)c1ccccc1OC(=O)C1CCCCC1. The number of ether oxygens (including phenoxy) is 1. The molecule has 0 amide bonds. The van der Waals surface area contributed by atoms with Gasteiger partial charge < -0.3 is 4.74 Å². The van der Waals surface area contributed by atoms with Crippen molar-refractivity contribution < 1.29 is 9.53 Å². The number of rotatable bonds is 3. The number of para-hydroxylation sites is 1. The van der Waals surface area contributed by atoms with E-state index in [0.717, 1.165) is 37.0 Å². The fourth-order valence-corrected chi connectivity index (χ4v) is 2.58. The van der Waals surface area contributed by atoms with E-state index in [9.17, 15) is 4.79 Å². The van der Waals surface area contributed by atoms with E-state index in [-0.39, 0.29) is 11.9 Å². The zero-order valence-electron chi connectivity index (χ0n) is 11.3. The first kappa shape index (κ1) is 13.1. The summed E-state index contributed by atoms with van der Waals surface area (Å²) in [5.41, 5.74) is 1.11. The van der Waals surface area contributed by atoms with Gasteiger partial charge in [0, 0.05) is 0 Å². The summed E-state index contributed by atoms with van der Waals surface area (Å²) >= 11 is 0. The Labute approximate surface area is 109 Å². The topological polar surface area (TPSA) is 26.3 Å². The molecule has 18 heavy (non-hydrogen) atoms. The van der Waals surface area contributed by atoms with Crippen LogP contribution < -0.4 is 4.74 Å². The van der Waals surface area contributed by atoms with E-state index >= 15 is 0 Å². The van der Waals surface area contributed by atoms with E-state index in [1.54, 1.807) is 0 Å². The van der Waals surface area contributed by atoms with Crippen LogP contribution in [0.4, 0.5) is 0 Å². The Balaban J connectivity index is 2.06. The molecule has 0 aliphatic heterocycles. The minimum atomic E-state index is -0.0391. The number of esters is 1. The molecule has 0 N–H and O–H groups in total. The second-order valence-corrected chi connectivity index (χ2v) is 5.45. The molecule has 1 aliphatic carbocycles. The average Bonchev–Trinajstić information content (AvgIpc) is 2.40. The lowest BCUT2D eigenvalue weighted by Gasteiger charge is -2.21. The fraction of sp³-hybridized carbons (Fsp3) is 0.562. The molecule has 0 radical (unpaired) electrons. The summed E-state index contributed by atoms with van der Waals surface area (Å²) in [5, 5.41) is 0. The van der Waals surface area contributed by atoms with Crippen molar-refractivity contribution in [2.45, 2.75) is 51.9 Å². The molecule has 0 atom stereocenters. The molecular formula is C16H22O2. The van der Waals surface area contributed by atoms with Gasteiger partial charge >= 0.3 is 5.97 Å². The van der Waals surface area contributed by atoms with E-state index in [2.05, 4.69) is 13.8 Å². The van der Waals surface area contributed by atoms with Crippen molar-refractivity contribution in [2.24, 2.45) is 5.92 Å².